The molecule has 0 saturated heterocycles. The highest BCUT2D eigenvalue weighted by Gasteiger charge is 2.33. The maximum atomic E-state index is 12.0. The summed E-state index contributed by atoms with van der Waals surface area (Å²) in [6, 6.07) is 5.96. The van der Waals surface area contributed by atoms with Crippen LogP contribution in [0.5, 0.6) is 0 Å². The fourth-order valence-corrected chi connectivity index (χ4v) is 1.97. The van der Waals surface area contributed by atoms with Gasteiger partial charge in [-0.2, -0.15) is 0 Å². The van der Waals surface area contributed by atoms with E-state index in [4.69, 9.17) is 5.11 Å². The van der Waals surface area contributed by atoms with Crippen molar-refractivity contribution in [1.29, 1.82) is 0 Å². The molecule has 5 heteroatoms. The molecular formula is C13H16BrNO3. The number of halogens is 1. The molecule has 1 rings (SSSR count). The standard InChI is InChI=1S/C13H16BrNO3/c1-13(2,3)10(12(17)18)15-11(16)8-6-4-5-7-9(8)14/h4-7,10H,1-3H3,(H,15,16)(H,17,18)/t10-/m0/s1. The maximum absolute atomic E-state index is 12.0. The number of carboxylic acids is 1. The van der Waals surface area contributed by atoms with Crippen LogP contribution in [0.3, 0.4) is 0 Å². The lowest BCUT2D eigenvalue weighted by molar-refractivity contribution is -0.142. The summed E-state index contributed by atoms with van der Waals surface area (Å²) in [4.78, 5) is 23.2. The van der Waals surface area contributed by atoms with Crippen molar-refractivity contribution in [3.05, 3.63) is 34.3 Å². The number of aliphatic carboxylic acids is 1. The van der Waals surface area contributed by atoms with Gasteiger partial charge in [-0.25, -0.2) is 4.79 Å². The molecule has 0 aliphatic heterocycles. The van der Waals surface area contributed by atoms with Gasteiger partial charge in [-0.3, -0.25) is 4.79 Å². The Kier molecular flexibility index (Phi) is 4.51. The highest BCUT2D eigenvalue weighted by atomic mass is 79.9. The largest absolute Gasteiger partial charge is 0.480 e. The lowest BCUT2D eigenvalue weighted by Gasteiger charge is -2.27. The summed E-state index contributed by atoms with van der Waals surface area (Å²) in [7, 11) is 0. The minimum absolute atomic E-state index is 0.398. The number of benzene rings is 1. The first-order valence-electron chi connectivity index (χ1n) is 5.51. The minimum Gasteiger partial charge on any atom is -0.480 e. The van der Waals surface area contributed by atoms with Gasteiger partial charge in [0.15, 0.2) is 0 Å². The van der Waals surface area contributed by atoms with Crippen LogP contribution in [0, 0.1) is 5.41 Å². The summed E-state index contributed by atoms with van der Waals surface area (Å²) in [5.41, 5.74) is -0.129. The van der Waals surface area contributed by atoms with Crippen molar-refractivity contribution < 1.29 is 14.7 Å². The highest BCUT2D eigenvalue weighted by molar-refractivity contribution is 9.10. The molecule has 0 spiro atoms. The van der Waals surface area contributed by atoms with E-state index in [1.54, 1.807) is 45.0 Å². The molecule has 0 fully saturated rings. The van der Waals surface area contributed by atoms with Gasteiger partial charge in [-0.1, -0.05) is 32.9 Å². The molecule has 0 aromatic heterocycles. The maximum Gasteiger partial charge on any atom is 0.326 e. The summed E-state index contributed by atoms with van der Waals surface area (Å²) in [5, 5.41) is 11.7. The predicted octanol–water partition coefficient (Wildman–Crippen LogP) is 2.68. The Morgan fingerprint density at radius 3 is 2.28 bits per heavy atom. The van der Waals surface area contributed by atoms with Gasteiger partial charge in [0, 0.05) is 4.47 Å². The van der Waals surface area contributed by atoms with Crippen LogP contribution < -0.4 is 5.32 Å². The Bertz CT molecular complexity index is 466. The monoisotopic (exact) mass is 313 g/mol. The van der Waals surface area contributed by atoms with Crippen molar-refractivity contribution in [2.75, 3.05) is 0 Å². The van der Waals surface area contributed by atoms with Gasteiger partial charge in [0.25, 0.3) is 5.91 Å². The number of carbonyl (C=O) groups excluding carboxylic acids is 1. The van der Waals surface area contributed by atoms with Crippen LogP contribution in [0.25, 0.3) is 0 Å². The van der Waals surface area contributed by atoms with Crippen LogP contribution in [-0.4, -0.2) is 23.0 Å². The molecule has 18 heavy (non-hydrogen) atoms. The molecule has 98 valence electrons. The van der Waals surface area contributed by atoms with Crippen molar-refractivity contribution in [3.63, 3.8) is 0 Å². The molecule has 0 aliphatic carbocycles. The third kappa shape index (κ3) is 3.57. The zero-order valence-corrected chi connectivity index (χ0v) is 12.1. The van der Waals surface area contributed by atoms with E-state index >= 15 is 0 Å². The second-order valence-corrected chi connectivity index (χ2v) is 5.94. The van der Waals surface area contributed by atoms with Crippen LogP contribution in [0.1, 0.15) is 31.1 Å². The molecule has 1 aromatic rings. The van der Waals surface area contributed by atoms with E-state index in [1.807, 2.05) is 0 Å². The van der Waals surface area contributed by atoms with Crippen LogP contribution >= 0.6 is 15.9 Å². The van der Waals surface area contributed by atoms with E-state index in [9.17, 15) is 9.59 Å². The number of hydrogen-bond donors (Lipinski definition) is 2. The molecule has 0 bridgehead atoms. The van der Waals surface area contributed by atoms with Gasteiger partial charge >= 0.3 is 5.97 Å². The van der Waals surface area contributed by atoms with Crippen molar-refractivity contribution in [2.24, 2.45) is 5.41 Å². The zero-order valence-electron chi connectivity index (χ0n) is 10.5. The fraction of sp³-hybridized carbons (Fsp3) is 0.385. The van der Waals surface area contributed by atoms with E-state index in [1.165, 1.54) is 0 Å². The summed E-state index contributed by atoms with van der Waals surface area (Å²) < 4.78 is 0.639. The van der Waals surface area contributed by atoms with Gasteiger partial charge in [-0.05, 0) is 33.5 Å². The van der Waals surface area contributed by atoms with Gasteiger partial charge in [0.2, 0.25) is 0 Å². The van der Waals surface area contributed by atoms with Crippen LogP contribution in [0.4, 0.5) is 0 Å². The van der Waals surface area contributed by atoms with Crippen molar-refractivity contribution >= 4 is 27.8 Å². The third-order valence-electron chi connectivity index (χ3n) is 2.51. The molecule has 0 heterocycles. The first-order chi connectivity index (χ1) is 8.23. The Balaban J connectivity index is 2.93. The Hall–Kier alpha value is -1.36. The molecule has 1 amide bonds. The quantitative estimate of drug-likeness (QED) is 0.901. The van der Waals surface area contributed by atoms with Crippen molar-refractivity contribution in [1.82, 2.24) is 5.32 Å². The normalized spacial score (nSPS) is 12.9. The van der Waals surface area contributed by atoms with E-state index in [-0.39, 0.29) is 0 Å². The lowest BCUT2D eigenvalue weighted by atomic mass is 9.86. The summed E-state index contributed by atoms with van der Waals surface area (Å²) >= 11 is 3.27. The molecule has 0 unspecified atom stereocenters. The summed E-state index contributed by atoms with van der Waals surface area (Å²) in [6.07, 6.45) is 0. The molecule has 2 N–H and O–H groups in total. The molecule has 1 aromatic carbocycles. The van der Waals surface area contributed by atoms with Gasteiger partial charge in [0.05, 0.1) is 5.56 Å². The fourth-order valence-electron chi connectivity index (χ4n) is 1.50. The molecule has 0 radical (unpaired) electrons. The second kappa shape index (κ2) is 5.52. The Labute approximate surface area is 115 Å². The highest BCUT2D eigenvalue weighted by Crippen LogP contribution is 2.21. The summed E-state index contributed by atoms with van der Waals surface area (Å²) in [6.45, 7) is 5.31. The van der Waals surface area contributed by atoms with Crippen molar-refractivity contribution in [3.8, 4) is 0 Å². The lowest BCUT2D eigenvalue weighted by Crippen LogP contribution is -2.49. The van der Waals surface area contributed by atoms with E-state index in [2.05, 4.69) is 21.2 Å². The molecular weight excluding hydrogens is 298 g/mol. The first-order valence-corrected chi connectivity index (χ1v) is 6.31. The van der Waals surface area contributed by atoms with Gasteiger partial charge in [0.1, 0.15) is 6.04 Å². The van der Waals surface area contributed by atoms with Crippen LogP contribution in [0.15, 0.2) is 28.7 Å². The Morgan fingerprint density at radius 2 is 1.83 bits per heavy atom. The van der Waals surface area contributed by atoms with Crippen LogP contribution in [0.2, 0.25) is 0 Å². The minimum atomic E-state index is -1.04. The van der Waals surface area contributed by atoms with Gasteiger partial charge in [-0.15, -0.1) is 0 Å². The number of nitrogens with one attached hydrogen (secondary N) is 1. The predicted molar refractivity (Wildman–Crippen MR) is 72.5 cm³/mol. The molecule has 0 saturated carbocycles. The smallest absolute Gasteiger partial charge is 0.326 e. The average Bonchev–Trinajstić information content (AvgIpc) is 2.24. The topological polar surface area (TPSA) is 66.4 Å². The molecule has 1 atom stereocenters. The zero-order chi connectivity index (χ0) is 13.9. The first kappa shape index (κ1) is 14.7. The number of carbonyl (C=O) groups is 2. The number of hydrogen-bond acceptors (Lipinski definition) is 2. The van der Waals surface area contributed by atoms with E-state index < -0.39 is 23.3 Å². The molecule has 0 aliphatic rings. The second-order valence-electron chi connectivity index (χ2n) is 5.09. The number of amides is 1. The molecule has 4 nitrogen and oxygen atoms in total. The number of carboxylic acid groups (broad SMARTS) is 1. The van der Waals surface area contributed by atoms with Crippen LogP contribution in [-0.2, 0) is 4.79 Å². The third-order valence-corrected chi connectivity index (χ3v) is 3.20. The summed E-state index contributed by atoms with van der Waals surface area (Å²) in [5.74, 6) is -1.44. The Morgan fingerprint density at radius 1 is 1.28 bits per heavy atom. The van der Waals surface area contributed by atoms with Gasteiger partial charge < -0.3 is 10.4 Å². The van der Waals surface area contributed by atoms with E-state index in [0.717, 1.165) is 0 Å². The number of rotatable bonds is 3. The van der Waals surface area contributed by atoms with Crippen molar-refractivity contribution in [2.45, 2.75) is 26.8 Å². The SMILES string of the molecule is CC(C)(C)[C@@H](NC(=O)c1ccccc1Br)C(=O)O. The average molecular weight is 314 g/mol. The van der Waals surface area contributed by atoms with E-state index in [0.29, 0.717) is 10.0 Å².